The van der Waals surface area contributed by atoms with E-state index in [4.69, 9.17) is 0 Å². The molecule has 0 spiro atoms. The number of benzene rings is 1. The number of nitrogens with one attached hydrogen (secondary N) is 1. The predicted octanol–water partition coefficient (Wildman–Crippen LogP) is 1.57. The predicted molar refractivity (Wildman–Crippen MR) is 70.2 cm³/mol. The number of carbonyl (C=O) groups excluding carboxylic acids is 1. The summed E-state index contributed by atoms with van der Waals surface area (Å²) in [6.07, 6.45) is 0. The van der Waals surface area contributed by atoms with Crippen LogP contribution in [0.2, 0.25) is 0 Å². The summed E-state index contributed by atoms with van der Waals surface area (Å²) in [5.74, 6) is -0.633. The molecule has 0 aliphatic carbocycles. The number of rotatable bonds is 5. The fraction of sp³-hybridized carbons (Fsp3) is 0.500. The first-order chi connectivity index (χ1) is 8.36. The molecule has 2 N–H and O–H groups in total. The van der Waals surface area contributed by atoms with Gasteiger partial charge in [0.15, 0.2) is 5.60 Å². The van der Waals surface area contributed by atoms with Crippen LogP contribution in [0.5, 0.6) is 0 Å². The zero-order valence-electron chi connectivity index (χ0n) is 11.4. The summed E-state index contributed by atoms with van der Waals surface area (Å²) in [5, 5.41) is 13.0. The highest BCUT2D eigenvalue weighted by atomic mass is 16.5. The van der Waals surface area contributed by atoms with Crippen molar-refractivity contribution in [1.29, 1.82) is 0 Å². The van der Waals surface area contributed by atoms with E-state index in [2.05, 4.69) is 16.1 Å². The second-order valence-corrected chi connectivity index (χ2v) is 4.78. The molecule has 0 heterocycles. The Morgan fingerprint density at radius 2 is 2.22 bits per heavy atom. The number of ether oxygens (including phenoxy) is 1. The normalized spacial score (nSPS) is 15.8. The molecule has 0 aliphatic rings. The summed E-state index contributed by atoms with van der Waals surface area (Å²) >= 11 is 0. The molecule has 1 rings (SSSR count). The Hall–Kier alpha value is -1.39. The lowest BCUT2D eigenvalue weighted by Crippen LogP contribution is -2.46. The maximum absolute atomic E-state index is 11.3. The van der Waals surface area contributed by atoms with Crippen LogP contribution < -0.4 is 5.32 Å². The van der Waals surface area contributed by atoms with Gasteiger partial charge in [0, 0.05) is 12.6 Å². The molecule has 0 bridgehead atoms. The van der Waals surface area contributed by atoms with E-state index >= 15 is 0 Å². The second-order valence-electron chi connectivity index (χ2n) is 4.78. The van der Waals surface area contributed by atoms with E-state index in [1.807, 2.05) is 32.0 Å². The molecule has 1 unspecified atom stereocenters. The van der Waals surface area contributed by atoms with Gasteiger partial charge in [-0.05, 0) is 26.3 Å². The Morgan fingerprint density at radius 3 is 2.78 bits per heavy atom. The molecule has 0 radical (unpaired) electrons. The molecule has 4 heteroatoms. The van der Waals surface area contributed by atoms with Gasteiger partial charge in [-0.15, -0.1) is 0 Å². The Bertz CT molecular complexity index is 415. The number of carbonyl (C=O) groups is 1. The average Bonchev–Trinajstić information content (AvgIpc) is 2.35. The SMILES string of the molecule is COC(=O)C(C)(O)CN[C@H](C)c1cccc(C)c1. The summed E-state index contributed by atoms with van der Waals surface area (Å²) in [6.45, 7) is 5.60. The smallest absolute Gasteiger partial charge is 0.338 e. The number of hydrogen-bond donors (Lipinski definition) is 2. The van der Waals surface area contributed by atoms with Gasteiger partial charge in [0.2, 0.25) is 0 Å². The highest BCUT2D eigenvalue weighted by Crippen LogP contribution is 2.15. The van der Waals surface area contributed by atoms with E-state index in [1.165, 1.54) is 19.6 Å². The third-order valence-electron chi connectivity index (χ3n) is 2.92. The van der Waals surface area contributed by atoms with Crippen LogP contribution in [0.3, 0.4) is 0 Å². The molecular formula is C14H21NO3. The Labute approximate surface area is 108 Å². The van der Waals surface area contributed by atoms with Gasteiger partial charge in [-0.3, -0.25) is 0 Å². The van der Waals surface area contributed by atoms with Crippen molar-refractivity contribution in [2.75, 3.05) is 13.7 Å². The van der Waals surface area contributed by atoms with Crippen LogP contribution >= 0.6 is 0 Å². The van der Waals surface area contributed by atoms with Gasteiger partial charge in [0.1, 0.15) is 0 Å². The molecule has 0 amide bonds. The van der Waals surface area contributed by atoms with Gasteiger partial charge in [-0.2, -0.15) is 0 Å². The largest absolute Gasteiger partial charge is 0.467 e. The minimum absolute atomic E-state index is 0.0565. The van der Waals surface area contributed by atoms with Crippen molar-refractivity contribution in [2.24, 2.45) is 0 Å². The van der Waals surface area contributed by atoms with E-state index in [-0.39, 0.29) is 12.6 Å². The van der Waals surface area contributed by atoms with Crippen LogP contribution in [0, 0.1) is 6.92 Å². The third kappa shape index (κ3) is 3.82. The van der Waals surface area contributed by atoms with Gasteiger partial charge < -0.3 is 15.2 Å². The standard InChI is InChI=1S/C14H21NO3/c1-10-6-5-7-12(8-10)11(2)15-9-14(3,17)13(16)18-4/h5-8,11,15,17H,9H2,1-4H3/t11-,14?/m1/s1. The first-order valence-electron chi connectivity index (χ1n) is 5.97. The highest BCUT2D eigenvalue weighted by molar-refractivity contribution is 5.78. The van der Waals surface area contributed by atoms with E-state index in [0.717, 1.165) is 5.56 Å². The van der Waals surface area contributed by atoms with Crippen molar-refractivity contribution in [3.8, 4) is 0 Å². The lowest BCUT2D eigenvalue weighted by atomic mass is 10.0. The topological polar surface area (TPSA) is 58.6 Å². The van der Waals surface area contributed by atoms with Crippen LogP contribution in [-0.4, -0.2) is 30.3 Å². The minimum atomic E-state index is -1.51. The molecule has 4 nitrogen and oxygen atoms in total. The van der Waals surface area contributed by atoms with Gasteiger partial charge in [0.25, 0.3) is 0 Å². The molecule has 0 aromatic heterocycles. The summed E-state index contributed by atoms with van der Waals surface area (Å²) in [4.78, 5) is 11.3. The number of aliphatic hydroxyl groups is 1. The maximum atomic E-state index is 11.3. The summed E-state index contributed by atoms with van der Waals surface area (Å²) in [6, 6.07) is 8.16. The summed E-state index contributed by atoms with van der Waals surface area (Å²) in [7, 11) is 1.26. The average molecular weight is 251 g/mol. The minimum Gasteiger partial charge on any atom is -0.467 e. The van der Waals surface area contributed by atoms with Crippen LogP contribution in [0.4, 0.5) is 0 Å². The van der Waals surface area contributed by atoms with Crippen molar-refractivity contribution >= 4 is 5.97 Å². The fourth-order valence-electron chi connectivity index (χ4n) is 1.70. The molecule has 0 aliphatic heterocycles. The molecule has 2 atom stereocenters. The van der Waals surface area contributed by atoms with Gasteiger partial charge >= 0.3 is 5.97 Å². The first kappa shape index (κ1) is 14.7. The summed E-state index contributed by atoms with van der Waals surface area (Å²) in [5.41, 5.74) is 0.795. The van der Waals surface area contributed by atoms with Crippen molar-refractivity contribution in [1.82, 2.24) is 5.32 Å². The number of methoxy groups -OCH3 is 1. The lowest BCUT2D eigenvalue weighted by Gasteiger charge is -2.23. The monoisotopic (exact) mass is 251 g/mol. The lowest BCUT2D eigenvalue weighted by molar-refractivity contribution is -0.160. The number of esters is 1. The first-order valence-corrected chi connectivity index (χ1v) is 5.97. The molecule has 0 saturated heterocycles. The fourth-order valence-corrected chi connectivity index (χ4v) is 1.70. The van der Waals surface area contributed by atoms with Crippen LogP contribution in [0.15, 0.2) is 24.3 Å². The number of aryl methyl sites for hydroxylation is 1. The van der Waals surface area contributed by atoms with E-state index in [9.17, 15) is 9.90 Å². The highest BCUT2D eigenvalue weighted by Gasteiger charge is 2.31. The Balaban J connectivity index is 2.61. The van der Waals surface area contributed by atoms with E-state index in [0.29, 0.717) is 0 Å². The summed E-state index contributed by atoms with van der Waals surface area (Å²) < 4.78 is 4.54. The van der Waals surface area contributed by atoms with E-state index in [1.54, 1.807) is 0 Å². The van der Waals surface area contributed by atoms with Crippen molar-refractivity contribution < 1.29 is 14.6 Å². The van der Waals surface area contributed by atoms with Crippen molar-refractivity contribution in [3.05, 3.63) is 35.4 Å². The molecule has 0 saturated carbocycles. The van der Waals surface area contributed by atoms with E-state index < -0.39 is 11.6 Å². The molecule has 18 heavy (non-hydrogen) atoms. The Morgan fingerprint density at radius 1 is 1.56 bits per heavy atom. The molecule has 1 aromatic carbocycles. The van der Waals surface area contributed by atoms with Crippen molar-refractivity contribution in [2.45, 2.75) is 32.4 Å². The maximum Gasteiger partial charge on any atom is 0.338 e. The third-order valence-corrected chi connectivity index (χ3v) is 2.92. The molecule has 0 fully saturated rings. The van der Waals surface area contributed by atoms with Crippen molar-refractivity contribution in [3.63, 3.8) is 0 Å². The zero-order valence-corrected chi connectivity index (χ0v) is 11.4. The molecule has 1 aromatic rings. The molecular weight excluding hydrogens is 230 g/mol. The van der Waals surface area contributed by atoms with Gasteiger partial charge in [-0.1, -0.05) is 29.8 Å². The van der Waals surface area contributed by atoms with Gasteiger partial charge in [0.05, 0.1) is 7.11 Å². The van der Waals surface area contributed by atoms with Crippen LogP contribution in [-0.2, 0) is 9.53 Å². The zero-order chi connectivity index (χ0) is 13.8. The van der Waals surface area contributed by atoms with Crippen LogP contribution in [0.1, 0.15) is 31.0 Å². The number of hydrogen-bond acceptors (Lipinski definition) is 4. The van der Waals surface area contributed by atoms with Gasteiger partial charge in [-0.25, -0.2) is 4.79 Å². The quantitative estimate of drug-likeness (QED) is 0.780. The second kappa shape index (κ2) is 5.98. The Kier molecular flexibility index (Phi) is 4.87. The van der Waals surface area contributed by atoms with Crippen LogP contribution in [0.25, 0.3) is 0 Å². The molecule has 100 valence electrons.